The Hall–Kier alpha value is -1.75. The van der Waals surface area contributed by atoms with Gasteiger partial charge < -0.3 is 20.5 Å². The predicted molar refractivity (Wildman–Crippen MR) is 72.2 cm³/mol. The molecule has 1 aliphatic heterocycles. The zero-order valence-corrected chi connectivity index (χ0v) is 11.3. The van der Waals surface area contributed by atoms with Crippen molar-refractivity contribution in [3.05, 3.63) is 24.3 Å². The van der Waals surface area contributed by atoms with Crippen LogP contribution in [0, 0.1) is 5.92 Å². The van der Waals surface area contributed by atoms with Crippen LogP contribution in [-0.2, 0) is 4.79 Å². The number of para-hydroxylation sites is 2. The quantitative estimate of drug-likeness (QED) is 0.848. The van der Waals surface area contributed by atoms with Gasteiger partial charge in [-0.1, -0.05) is 19.1 Å². The van der Waals surface area contributed by atoms with E-state index in [-0.39, 0.29) is 24.0 Å². The SMILES string of the molecule is CC(N)C(C)C(=O)NCC1COc2ccccc2O1. The summed E-state index contributed by atoms with van der Waals surface area (Å²) in [6.45, 7) is 4.49. The summed E-state index contributed by atoms with van der Waals surface area (Å²) >= 11 is 0. The lowest BCUT2D eigenvalue weighted by Crippen LogP contribution is -2.45. The highest BCUT2D eigenvalue weighted by atomic mass is 16.6. The molecule has 19 heavy (non-hydrogen) atoms. The molecular weight excluding hydrogens is 244 g/mol. The zero-order valence-electron chi connectivity index (χ0n) is 11.3. The normalized spacial score (nSPS) is 20.5. The second-order valence-corrected chi connectivity index (χ2v) is 4.89. The second kappa shape index (κ2) is 5.93. The Labute approximate surface area is 113 Å². The molecule has 1 amide bonds. The maximum Gasteiger partial charge on any atom is 0.224 e. The molecule has 0 saturated carbocycles. The van der Waals surface area contributed by atoms with E-state index in [0.717, 1.165) is 5.75 Å². The van der Waals surface area contributed by atoms with E-state index in [4.69, 9.17) is 15.2 Å². The molecule has 1 heterocycles. The number of benzene rings is 1. The molecular formula is C14H20N2O3. The molecule has 1 aliphatic rings. The molecule has 5 nitrogen and oxygen atoms in total. The summed E-state index contributed by atoms with van der Waals surface area (Å²) in [6.07, 6.45) is -0.167. The van der Waals surface area contributed by atoms with Crippen LogP contribution < -0.4 is 20.5 Å². The summed E-state index contributed by atoms with van der Waals surface area (Å²) in [5.74, 6) is 1.19. The average Bonchev–Trinajstić information content (AvgIpc) is 2.43. The van der Waals surface area contributed by atoms with Gasteiger partial charge >= 0.3 is 0 Å². The molecule has 3 unspecified atom stereocenters. The molecule has 104 valence electrons. The highest BCUT2D eigenvalue weighted by Gasteiger charge is 2.23. The van der Waals surface area contributed by atoms with Gasteiger partial charge in [-0.3, -0.25) is 4.79 Å². The van der Waals surface area contributed by atoms with Crippen LogP contribution in [0.1, 0.15) is 13.8 Å². The lowest BCUT2D eigenvalue weighted by molar-refractivity contribution is -0.125. The number of hydrogen-bond acceptors (Lipinski definition) is 4. The lowest BCUT2D eigenvalue weighted by atomic mass is 10.0. The van der Waals surface area contributed by atoms with Crippen molar-refractivity contribution in [1.29, 1.82) is 0 Å². The van der Waals surface area contributed by atoms with Crippen molar-refractivity contribution in [3.8, 4) is 11.5 Å². The Balaban J connectivity index is 1.84. The van der Waals surface area contributed by atoms with E-state index in [2.05, 4.69) is 5.32 Å². The molecule has 3 atom stereocenters. The first-order valence-electron chi connectivity index (χ1n) is 6.49. The van der Waals surface area contributed by atoms with Gasteiger partial charge in [0.1, 0.15) is 12.7 Å². The molecule has 1 aromatic carbocycles. The van der Waals surface area contributed by atoms with Crippen LogP contribution in [0.5, 0.6) is 11.5 Å². The Kier molecular flexibility index (Phi) is 4.27. The van der Waals surface area contributed by atoms with Crippen molar-refractivity contribution >= 4 is 5.91 Å². The summed E-state index contributed by atoms with van der Waals surface area (Å²) in [4.78, 5) is 11.8. The monoisotopic (exact) mass is 264 g/mol. The number of ether oxygens (including phenoxy) is 2. The Bertz CT molecular complexity index is 448. The van der Waals surface area contributed by atoms with Crippen LogP contribution in [0.4, 0.5) is 0 Å². The number of rotatable bonds is 4. The van der Waals surface area contributed by atoms with Crippen molar-refractivity contribution in [2.75, 3.05) is 13.2 Å². The highest BCUT2D eigenvalue weighted by Crippen LogP contribution is 2.30. The number of hydrogen-bond donors (Lipinski definition) is 2. The topological polar surface area (TPSA) is 73.6 Å². The maximum atomic E-state index is 11.8. The second-order valence-electron chi connectivity index (χ2n) is 4.89. The van der Waals surface area contributed by atoms with Crippen LogP contribution >= 0.6 is 0 Å². The molecule has 0 radical (unpaired) electrons. The number of carbonyl (C=O) groups excluding carboxylic acids is 1. The third-order valence-corrected chi connectivity index (χ3v) is 3.27. The van der Waals surface area contributed by atoms with Crippen LogP contribution in [0.15, 0.2) is 24.3 Å². The molecule has 0 spiro atoms. The van der Waals surface area contributed by atoms with Gasteiger partial charge in [0.05, 0.1) is 6.54 Å². The van der Waals surface area contributed by atoms with E-state index >= 15 is 0 Å². The van der Waals surface area contributed by atoms with E-state index in [1.165, 1.54) is 0 Å². The van der Waals surface area contributed by atoms with Gasteiger partial charge in [-0.25, -0.2) is 0 Å². The number of fused-ring (bicyclic) bond motifs is 1. The van der Waals surface area contributed by atoms with Crippen molar-refractivity contribution < 1.29 is 14.3 Å². The third-order valence-electron chi connectivity index (χ3n) is 3.27. The van der Waals surface area contributed by atoms with Crippen LogP contribution in [0.2, 0.25) is 0 Å². The predicted octanol–water partition coefficient (Wildman–Crippen LogP) is 0.926. The standard InChI is InChI=1S/C14H20N2O3/c1-9(10(2)15)14(17)16-7-11-8-18-12-5-3-4-6-13(12)19-11/h3-6,9-11H,7-8,15H2,1-2H3,(H,16,17). The fourth-order valence-electron chi connectivity index (χ4n) is 1.78. The molecule has 0 aliphatic carbocycles. The summed E-state index contributed by atoms with van der Waals surface area (Å²) in [6, 6.07) is 7.34. The molecule has 3 N–H and O–H groups in total. The fourth-order valence-corrected chi connectivity index (χ4v) is 1.78. The number of amides is 1. The van der Waals surface area contributed by atoms with E-state index in [1.54, 1.807) is 0 Å². The average molecular weight is 264 g/mol. The fraction of sp³-hybridized carbons (Fsp3) is 0.500. The van der Waals surface area contributed by atoms with Gasteiger partial charge in [-0.15, -0.1) is 0 Å². The smallest absolute Gasteiger partial charge is 0.224 e. The highest BCUT2D eigenvalue weighted by molar-refractivity contribution is 5.78. The van der Waals surface area contributed by atoms with Crippen LogP contribution in [0.3, 0.4) is 0 Å². The van der Waals surface area contributed by atoms with Gasteiger partial charge in [-0.05, 0) is 19.1 Å². The van der Waals surface area contributed by atoms with Crippen LogP contribution in [0.25, 0.3) is 0 Å². The first kappa shape index (κ1) is 13.7. The first-order chi connectivity index (χ1) is 9.08. The van der Waals surface area contributed by atoms with E-state index in [9.17, 15) is 4.79 Å². The van der Waals surface area contributed by atoms with Crippen LogP contribution in [-0.4, -0.2) is 31.2 Å². The minimum Gasteiger partial charge on any atom is -0.486 e. The number of carbonyl (C=O) groups is 1. The Morgan fingerprint density at radius 2 is 2.11 bits per heavy atom. The summed E-state index contributed by atoms with van der Waals surface area (Å²) in [7, 11) is 0. The number of nitrogens with two attached hydrogens (primary N) is 1. The van der Waals surface area contributed by atoms with Gasteiger partial charge in [0.15, 0.2) is 11.5 Å². The van der Waals surface area contributed by atoms with E-state index in [1.807, 2.05) is 38.1 Å². The molecule has 0 bridgehead atoms. The summed E-state index contributed by atoms with van der Waals surface area (Å²) in [5, 5.41) is 2.84. The largest absolute Gasteiger partial charge is 0.486 e. The lowest BCUT2D eigenvalue weighted by Gasteiger charge is -2.27. The summed E-state index contributed by atoms with van der Waals surface area (Å²) in [5.41, 5.74) is 5.69. The van der Waals surface area contributed by atoms with E-state index < -0.39 is 0 Å². The van der Waals surface area contributed by atoms with Crippen molar-refractivity contribution in [2.45, 2.75) is 26.0 Å². The molecule has 0 aromatic heterocycles. The Morgan fingerprint density at radius 3 is 2.79 bits per heavy atom. The van der Waals surface area contributed by atoms with Gasteiger partial charge in [0.2, 0.25) is 5.91 Å². The first-order valence-corrected chi connectivity index (χ1v) is 6.49. The minimum absolute atomic E-state index is 0.0579. The molecule has 2 rings (SSSR count). The third kappa shape index (κ3) is 3.38. The van der Waals surface area contributed by atoms with E-state index in [0.29, 0.717) is 18.9 Å². The summed E-state index contributed by atoms with van der Waals surface area (Å²) < 4.78 is 11.3. The molecule has 1 aromatic rings. The molecule has 0 fully saturated rings. The maximum absolute atomic E-state index is 11.8. The number of nitrogens with one attached hydrogen (secondary N) is 1. The van der Waals surface area contributed by atoms with Gasteiger partial charge in [-0.2, -0.15) is 0 Å². The van der Waals surface area contributed by atoms with Crippen molar-refractivity contribution in [3.63, 3.8) is 0 Å². The van der Waals surface area contributed by atoms with Crippen molar-refractivity contribution in [1.82, 2.24) is 5.32 Å². The van der Waals surface area contributed by atoms with Gasteiger partial charge in [0.25, 0.3) is 0 Å². The zero-order chi connectivity index (χ0) is 13.8. The molecule has 0 saturated heterocycles. The van der Waals surface area contributed by atoms with Crippen molar-refractivity contribution in [2.24, 2.45) is 11.7 Å². The Morgan fingerprint density at radius 1 is 1.42 bits per heavy atom. The van der Waals surface area contributed by atoms with Gasteiger partial charge in [0, 0.05) is 12.0 Å². The minimum atomic E-state index is -0.211. The molecule has 5 heteroatoms.